The van der Waals surface area contributed by atoms with E-state index in [0.717, 1.165) is 5.69 Å². The lowest BCUT2D eigenvalue weighted by Gasteiger charge is -2.17. The first-order chi connectivity index (χ1) is 12.9. The molecule has 1 saturated heterocycles. The normalized spacial score (nSPS) is 17.1. The average molecular weight is 387 g/mol. The average Bonchev–Trinajstić information content (AvgIpc) is 3.02. The van der Waals surface area contributed by atoms with Crippen molar-refractivity contribution in [3.63, 3.8) is 0 Å². The third-order valence-corrected chi connectivity index (χ3v) is 5.83. The molecule has 1 fully saturated rings. The Balaban J connectivity index is 1.69. The Kier molecular flexibility index (Phi) is 5.57. The van der Waals surface area contributed by atoms with Gasteiger partial charge in [0.15, 0.2) is 0 Å². The lowest BCUT2D eigenvalue weighted by molar-refractivity contribution is -0.118. The molecule has 0 unspecified atom stereocenters. The molecule has 0 aromatic heterocycles. The lowest BCUT2D eigenvalue weighted by atomic mass is 10.3. The predicted octanol–water partition coefficient (Wildman–Crippen LogP) is 2.12. The van der Waals surface area contributed by atoms with E-state index in [1.807, 2.05) is 30.3 Å². The molecule has 0 saturated carbocycles. The maximum absolute atomic E-state index is 12.6. The molecule has 2 aromatic rings. The molecule has 1 atom stereocenters. The molecule has 142 valence electrons. The Labute approximate surface area is 158 Å². The summed E-state index contributed by atoms with van der Waals surface area (Å²) in [6, 6.07) is 14.2. The van der Waals surface area contributed by atoms with Gasteiger partial charge in [-0.3, -0.25) is 9.59 Å². The van der Waals surface area contributed by atoms with Gasteiger partial charge in [-0.05, 0) is 42.8 Å². The number of amides is 2. The van der Waals surface area contributed by atoms with Crippen molar-refractivity contribution in [2.24, 2.45) is 0 Å². The third kappa shape index (κ3) is 4.35. The van der Waals surface area contributed by atoms with E-state index in [4.69, 9.17) is 0 Å². The van der Waals surface area contributed by atoms with Crippen LogP contribution in [0.4, 0.5) is 11.4 Å². The molecule has 8 heteroatoms. The summed E-state index contributed by atoms with van der Waals surface area (Å²) in [5, 5.41) is 2.66. The quantitative estimate of drug-likeness (QED) is 0.794. The van der Waals surface area contributed by atoms with E-state index in [1.54, 1.807) is 11.8 Å². The molecule has 0 bridgehead atoms. The highest BCUT2D eigenvalue weighted by atomic mass is 32.2. The van der Waals surface area contributed by atoms with Gasteiger partial charge in [0, 0.05) is 24.3 Å². The topological polar surface area (TPSA) is 95.6 Å². The van der Waals surface area contributed by atoms with Crippen LogP contribution in [0.5, 0.6) is 0 Å². The monoisotopic (exact) mass is 387 g/mol. The van der Waals surface area contributed by atoms with Crippen molar-refractivity contribution in [1.82, 2.24) is 4.72 Å². The second kappa shape index (κ2) is 7.89. The number of hydrogen-bond acceptors (Lipinski definition) is 4. The number of sulfonamides is 1. The van der Waals surface area contributed by atoms with Crippen LogP contribution in [-0.4, -0.2) is 32.8 Å². The zero-order chi connectivity index (χ0) is 19.4. The van der Waals surface area contributed by atoms with Gasteiger partial charge >= 0.3 is 0 Å². The summed E-state index contributed by atoms with van der Waals surface area (Å²) >= 11 is 0. The smallest absolute Gasteiger partial charge is 0.245 e. The fourth-order valence-corrected chi connectivity index (χ4v) is 4.10. The molecule has 2 N–H and O–H groups in total. The Morgan fingerprint density at radius 3 is 2.41 bits per heavy atom. The highest BCUT2D eigenvalue weighted by molar-refractivity contribution is 7.89. The zero-order valence-corrected chi connectivity index (χ0v) is 15.7. The summed E-state index contributed by atoms with van der Waals surface area (Å²) in [6.07, 6.45) is 0.737. The second-order valence-corrected chi connectivity index (χ2v) is 7.93. The van der Waals surface area contributed by atoms with Crippen molar-refractivity contribution >= 4 is 33.2 Å². The van der Waals surface area contributed by atoms with Gasteiger partial charge < -0.3 is 10.2 Å². The van der Waals surface area contributed by atoms with Crippen molar-refractivity contribution in [3.05, 3.63) is 54.6 Å². The standard InChI is InChI=1S/C19H21N3O4S/c1-2-18(23)20-14-8-10-16(11-9-14)27(25,26)21-17-12-13-22(19(17)24)15-6-4-3-5-7-15/h3-11,17,21H,2,12-13H2,1H3,(H,20,23)/t17-/m0/s1. The van der Waals surface area contributed by atoms with Gasteiger partial charge in [-0.1, -0.05) is 25.1 Å². The first-order valence-electron chi connectivity index (χ1n) is 8.69. The molecule has 7 nitrogen and oxygen atoms in total. The molecule has 1 heterocycles. The number of para-hydroxylation sites is 1. The van der Waals surface area contributed by atoms with Crippen molar-refractivity contribution in [3.8, 4) is 0 Å². The summed E-state index contributed by atoms with van der Waals surface area (Å²) < 4.78 is 27.7. The molecule has 0 spiro atoms. The molecule has 0 aliphatic carbocycles. The number of carbonyl (C=O) groups excluding carboxylic acids is 2. The van der Waals surface area contributed by atoms with Crippen LogP contribution < -0.4 is 14.9 Å². The van der Waals surface area contributed by atoms with Gasteiger partial charge in [-0.25, -0.2) is 8.42 Å². The summed E-state index contributed by atoms with van der Waals surface area (Å²) in [7, 11) is -3.84. The molecule has 3 rings (SSSR count). The van der Waals surface area contributed by atoms with E-state index >= 15 is 0 Å². The van der Waals surface area contributed by atoms with Crippen molar-refractivity contribution in [2.45, 2.75) is 30.7 Å². The zero-order valence-electron chi connectivity index (χ0n) is 14.9. The molecule has 1 aliphatic rings. The van der Waals surface area contributed by atoms with Crippen molar-refractivity contribution < 1.29 is 18.0 Å². The number of benzene rings is 2. The lowest BCUT2D eigenvalue weighted by Crippen LogP contribution is -2.41. The van der Waals surface area contributed by atoms with Gasteiger partial charge in [0.2, 0.25) is 21.8 Å². The largest absolute Gasteiger partial charge is 0.326 e. The number of nitrogens with zero attached hydrogens (tertiary/aromatic N) is 1. The minimum Gasteiger partial charge on any atom is -0.326 e. The van der Waals surface area contributed by atoms with Crippen LogP contribution in [0.15, 0.2) is 59.5 Å². The van der Waals surface area contributed by atoms with E-state index < -0.39 is 16.1 Å². The van der Waals surface area contributed by atoms with E-state index in [2.05, 4.69) is 10.0 Å². The van der Waals surface area contributed by atoms with Gasteiger partial charge in [0.1, 0.15) is 6.04 Å². The van der Waals surface area contributed by atoms with Crippen molar-refractivity contribution in [1.29, 1.82) is 0 Å². The number of carbonyl (C=O) groups is 2. The Hall–Kier alpha value is -2.71. The maximum atomic E-state index is 12.6. The summed E-state index contributed by atoms with van der Waals surface area (Å²) in [5.74, 6) is -0.419. The van der Waals surface area contributed by atoms with E-state index in [1.165, 1.54) is 24.3 Å². The van der Waals surface area contributed by atoms with Crippen LogP contribution in [-0.2, 0) is 19.6 Å². The second-order valence-electron chi connectivity index (χ2n) is 6.21. The molecular weight excluding hydrogens is 366 g/mol. The van der Waals surface area contributed by atoms with Crippen LogP contribution in [0, 0.1) is 0 Å². The minimum absolute atomic E-state index is 0.0444. The Morgan fingerprint density at radius 2 is 1.78 bits per heavy atom. The van der Waals surface area contributed by atoms with Gasteiger partial charge in [-0.2, -0.15) is 4.72 Å². The van der Waals surface area contributed by atoms with Gasteiger partial charge in [-0.15, -0.1) is 0 Å². The SMILES string of the molecule is CCC(=O)Nc1ccc(S(=O)(=O)N[C@H]2CCN(c3ccccc3)C2=O)cc1. The van der Waals surface area contributed by atoms with E-state index in [0.29, 0.717) is 25.1 Å². The van der Waals surface area contributed by atoms with E-state index in [9.17, 15) is 18.0 Å². The van der Waals surface area contributed by atoms with E-state index in [-0.39, 0.29) is 16.7 Å². The molecule has 27 heavy (non-hydrogen) atoms. The molecule has 0 radical (unpaired) electrons. The minimum atomic E-state index is -3.84. The number of anilines is 2. The van der Waals surface area contributed by atoms with Crippen LogP contribution >= 0.6 is 0 Å². The van der Waals surface area contributed by atoms with Crippen LogP contribution in [0.3, 0.4) is 0 Å². The fourth-order valence-electron chi connectivity index (χ4n) is 2.88. The van der Waals surface area contributed by atoms with Gasteiger partial charge in [0.05, 0.1) is 4.90 Å². The Morgan fingerprint density at radius 1 is 1.11 bits per heavy atom. The Bertz CT molecular complexity index is 927. The summed E-state index contributed by atoms with van der Waals surface area (Å²) in [4.78, 5) is 25.6. The maximum Gasteiger partial charge on any atom is 0.245 e. The summed E-state index contributed by atoms with van der Waals surface area (Å²) in [6.45, 7) is 2.19. The molecule has 2 amide bonds. The number of rotatable bonds is 6. The summed E-state index contributed by atoms with van der Waals surface area (Å²) in [5.41, 5.74) is 1.27. The van der Waals surface area contributed by atoms with Crippen LogP contribution in [0.2, 0.25) is 0 Å². The third-order valence-electron chi connectivity index (χ3n) is 4.34. The van der Waals surface area contributed by atoms with Crippen molar-refractivity contribution in [2.75, 3.05) is 16.8 Å². The first-order valence-corrected chi connectivity index (χ1v) is 10.2. The molecular formula is C19H21N3O4S. The van der Waals surface area contributed by atoms with Crippen LogP contribution in [0.1, 0.15) is 19.8 Å². The fraction of sp³-hybridized carbons (Fsp3) is 0.263. The molecule has 2 aromatic carbocycles. The first kappa shape index (κ1) is 19.1. The number of nitrogens with one attached hydrogen (secondary N) is 2. The highest BCUT2D eigenvalue weighted by Gasteiger charge is 2.35. The molecule has 1 aliphatic heterocycles. The number of hydrogen-bond donors (Lipinski definition) is 2. The van der Waals surface area contributed by atoms with Gasteiger partial charge in [0.25, 0.3) is 0 Å². The highest BCUT2D eigenvalue weighted by Crippen LogP contribution is 2.22. The predicted molar refractivity (Wildman–Crippen MR) is 103 cm³/mol. The van der Waals surface area contributed by atoms with Crippen LogP contribution in [0.25, 0.3) is 0 Å².